The van der Waals surface area contributed by atoms with Crippen molar-refractivity contribution in [2.45, 2.75) is 6.54 Å². The standard InChI is InChI=1S/C11H11F2N3/c1-14-5-10-11(16-6-15-10)7-2-3-8(12)9(13)4-7/h2-4,6,14H,5H2,1H3,(H,15,16). The largest absolute Gasteiger partial charge is 0.347 e. The average molecular weight is 223 g/mol. The number of hydrogen-bond donors (Lipinski definition) is 2. The summed E-state index contributed by atoms with van der Waals surface area (Å²) in [7, 11) is 1.80. The van der Waals surface area contributed by atoms with Gasteiger partial charge < -0.3 is 10.3 Å². The van der Waals surface area contributed by atoms with E-state index in [4.69, 9.17) is 0 Å². The van der Waals surface area contributed by atoms with E-state index in [9.17, 15) is 8.78 Å². The molecule has 0 saturated carbocycles. The van der Waals surface area contributed by atoms with Gasteiger partial charge in [-0.1, -0.05) is 0 Å². The molecule has 2 aromatic rings. The highest BCUT2D eigenvalue weighted by molar-refractivity contribution is 5.61. The molecule has 0 saturated heterocycles. The Kier molecular flexibility index (Phi) is 2.96. The maximum absolute atomic E-state index is 13.1. The summed E-state index contributed by atoms with van der Waals surface area (Å²) in [6, 6.07) is 3.75. The van der Waals surface area contributed by atoms with Crippen LogP contribution in [0.25, 0.3) is 11.3 Å². The molecule has 2 N–H and O–H groups in total. The molecule has 0 atom stereocenters. The topological polar surface area (TPSA) is 40.7 Å². The van der Waals surface area contributed by atoms with Gasteiger partial charge in [-0.05, 0) is 25.2 Å². The molecule has 3 nitrogen and oxygen atoms in total. The summed E-state index contributed by atoms with van der Waals surface area (Å²) in [6.07, 6.45) is 1.53. The average Bonchev–Trinajstić information content (AvgIpc) is 2.71. The smallest absolute Gasteiger partial charge is 0.159 e. The van der Waals surface area contributed by atoms with Crippen LogP contribution in [0.4, 0.5) is 8.78 Å². The molecule has 0 radical (unpaired) electrons. The highest BCUT2D eigenvalue weighted by Crippen LogP contribution is 2.22. The molecular formula is C11H11F2N3. The third-order valence-corrected chi connectivity index (χ3v) is 2.26. The van der Waals surface area contributed by atoms with Gasteiger partial charge in [-0.3, -0.25) is 0 Å². The summed E-state index contributed by atoms with van der Waals surface area (Å²) < 4.78 is 25.8. The molecule has 0 aliphatic carbocycles. The highest BCUT2D eigenvalue weighted by atomic mass is 19.2. The number of H-pyrrole nitrogens is 1. The van der Waals surface area contributed by atoms with Crippen LogP contribution in [-0.4, -0.2) is 17.0 Å². The normalized spacial score (nSPS) is 10.7. The van der Waals surface area contributed by atoms with Gasteiger partial charge >= 0.3 is 0 Å². The van der Waals surface area contributed by atoms with Gasteiger partial charge in [0.25, 0.3) is 0 Å². The molecule has 0 bridgehead atoms. The van der Waals surface area contributed by atoms with Gasteiger partial charge in [0.1, 0.15) is 0 Å². The zero-order chi connectivity index (χ0) is 11.5. The highest BCUT2D eigenvalue weighted by Gasteiger charge is 2.10. The first-order chi connectivity index (χ1) is 7.72. The van der Waals surface area contributed by atoms with Crippen LogP contribution in [0.2, 0.25) is 0 Å². The molecule has 0 aliphatic heterocycles. The fourth-order valence-electron chi connectivity index (χ4n) is 1.52. The lowest BCUT2D eigenvalue weighted by atomic mass is 10.1. The maximum Gasteiger partial charge on any atom is 0.159 e. The Bertz CT molecular complexity index is 494. The molecule has 1 aromatic carbocycles. The quantitative estimate of drug-likeness (QED) is 0.836. The monoisotopic (exact) mass is 223 g/mol. The lowest BCUT2D eigenvalue weighted by Gasteiger charge is -2.02. The lowest BCUT2D eigenvalue weighted by molar-refractivity contribution is 0.509. The summed E-state index contributed by atoms with van der Waals surface area (Å²) in [4.78, 5) is 7.04. The number of imidazole rings is 1. The van der Waals surface area contributed by atoms with Gasteiger partial charge in [0.05, 0.1) is 17.7 Å². The molecule has 0 aliphatic rings. The van der Waals surface area contributed by atoms with Crippen LogP contribution in [0.15, 0.2) is 24.5 Å². The molecule has 0 amide bonds. The van der Waals surface area contributed by atoms with E-state index in [1.807, 2.05) is 0 Å². The molecule has 1 heterocycles. The second kappa shape index (κ2) is 4.40. The number of aromatic nitrogens is 2. The number of aromatic amines is 1. The van der Waals surface area contributed by atoms with Gasteiger partial charge in [-0.2, -0.15) is 0 Å². The van der Waals surface area contributed by atoms with Crippen LogP contribution in [-0.2, 0) is 6.54 Å². The summed E-state index contributed by atoms with van der Waals surface area (Å²) in [5, 5.41) is 2.97. The Labute approximate surface area is 91.5 Å². The Morgan fingerprint density at radius 2 is 2.12 bits per heavy atom. The van der Waals surface area contributed by atoms with Crippen molar-refractivity contribution in [1.82, 2.24) is 15.3 Å². The first-order valence-electron chi connectivity index (χ1n) is 4.84. The van der Waals surface area contributed by atoms with E-state index in [0.717, 1.165) is 17.8 Å². The predicted molar refractivity (Wildman–Crippen MR) is 56.7 cm³/mol. The van der Waals surface area contributed by atoms with Gasteiger partial charge in [0.15, 0.2) is 11.6 Å². The first kappa shape index (κ1) is 10.8. The van der Waals surface area contributed by atoms with Gasteiger partial charge in [0, 0.05) is 12.1 Å². The second-order valence-electron chi connectivity index (χ2n) is 3.39. The summed E-state index contributed by atoms with van der Waals surface area (Å²) in [6.45, 7) is 0.592. The molecule has 84 valence electrons. The summed E-state index contributed by atoms with van der Waals surface area (Å²) in [5.74, 6) is -1.72. The van der Waals surface area contributed by atoms with E-state index >= 15 is 0 Å². The number of benzene rings is 1. The molecule has 1 aromatic heterocycles. The van der Waals surface area contributed by atoms with Crippen molar-refractivity contribution in [2.24, 2.45) is 0 Å². The fraction of sp³-hybridized carbons (Fsp3) is 0.182. The fourth-order valence-corrected chi connectivity index (χ4v) is 1.52. The van der Waals surface area contributed by atoms with Crippen molar-refractivity contribution in [1.29, 1.82) is 0 Å². The van der Waals surface area contributed by atoms with E-state index in [0.29, 0.717) is 17.8 Å². The van der Waals surface area contributed by atoms with E-state index in [1.54, 1.807) is 7.05 Å². The van der Waals surface area contributed by atoms with Gasteiger partial charge in [-0.25, -0.2) is 13.8 Å². The zero-order valence-electron chi connectivity index (χ0n) is 8.72. The minimum absolute atomic E-state index is 0.561. The SMILES string of the molecule is CNCc1[nH]cnc1-c1ccc(F)c(F)c1. The van der Waals surface area contributed by atoms with Crippen LogP contribution in [0.5, 0.6) is 0 Å². The van der Waals surface area contributed by atoms with Crippen molar-refractivity contribution in [2.75, 3.05) is 7.05 Å². The first-order valence-corrected chi connectivity index (χ1v) is 4.84. The minimum atomic E-state index is -0.865. The van der Waals surface area contributed by atoms with Crippen LogP contribution in [0.3, 0.4) is 0 Å². The van der Waals surface area contributed by atoms with Crippen LogP contribution < -0.4 is 5.32 Å². The lowest BCUT2D eigenvalue weighted by Crippen LogP contribution is -2.06. The third-order valence-electron chi connectivity index (χ3n) is 2.26. The van der Waals surface area contributed by atoms with Crippen LogP contribution in [0, 0.1) is 11.6 Å². The molecule has 0 unspecified atom stereocenters. The number of hydrogen-bond acceptors (Lipinski definition) is 2. The van der Waals surface area contributed by atoms with Crippen molar-refractivity contribution < 1.29 is 8.78 Å². The Morgan fingerprint density at radius 1 is 1.31 bits per heavy atom. The summed E-state index contributed by atoms with van der Waals surface area (Å²) in [5.41, 5.74) is 2.03. The van der Waals surface area contributed by atoms with Crippen molar-refractivity contribution in [3.63, 3.8) is 0 Å². The molecule has 2 rings (SSSR count). The Morgan fingerprint density at radius 3 is 2.81 bits per heavy atom. The molecule has 0 spiro atoms. The summed E-state index contributed by atoms with van der Waals surface area (Å²) >= 11 is 0. The molecule has 0 fully saturated rings. The van der Waals surface area contributed by atoms with Crippen molar-refractivity contribution >= 4 is 0 Å². The van der Waals surface area contributed by atoms with Crippen molar-refractivity contribution in [3.05, 3.63) is 41.9 Å². The Hall–Kier alpha value is -1.75. The number of nitrogens with zero attached hydrogens (tertiary/aromatic N) is 1. The van der Waals surface area contributed by atoms with E-state index in [2.05, 4.69) is 15.3 Å². The van der Waals surface area contributed by atoms with E-state index in [-0.39, 0.29) is 0 Å². The maximum atomic E-state index is 13.1. The molecular weight excluding hydrogens is 212 g/mol. The van der Waals surface area contributed by atoms with Crippen LogP contribution >= 0.6 is 0 Å². The number of nitrogens with one attached hydrogen (secondary N) is 2. The van der Waals surface area contributed by atoms with E-state index < -0.39 is 11.6 Å². The van der Waals surface area contributed by atoms with Crippen molar-refractivity contribution in [3.8, 4) is 11.3 Å². The predicted octanol–water partition coefficient (Wildman–Crippen LogP) is 2.07. The molecule has 16 heavy (non-hydrogen) atoms. The molecule has 5 heteroatoms. The zero-order valence-corrected chi connectivity index (χ0v) is 8.72. The minimum Gasteiger partial charge on any atom is -0.347 e. The number of rotatable bonds is 3. The number of halogens is 2. The third kappa shape index (κ3) is 1.94. The second-order valence-corrected chi connectivity index (χ2v) is 3.39. The Balaban J connectivity index is 2.42. The van der Waals surface area contributed by atoms with Gasteiger partial charge in [-0.15, -0.1) is 0 Å². The van der Waals surface area contributed by atoms with E-state index in [1.165, 1.54) is 12.4 Å². The van der Waals surface area contributed by atoms with Crippen LogP contribution in [0.1, 0.15) is 5.69 Å². The van der Waals surface area contributed by atoms with Gasteiger partial charge in [0.2, 0.25) is 0 Å².